The summed E-state index contributed by atoms with van der Waals surface area (Å²) in [7, 11) is 0. The molecule has 5 nitrogen and oxygen atoms in total. The summed E-state index contributed by atoms with van der Waals surface area (Å²) in [6.07, 6.45) is 3.17. The number of nitrogens with zero attached hydrogens (tertiary/aromatic N) is 1. The Morgan fingerprint density at radius 2 is 1.79 bits per heavy atom. The van der Waals surface area contributed by atoms with Gasteiger partial charge in [0.15, 0.2) is 0 Å². The standard InChI is InChI=1S/C23H21ClN2O3/c1-13-7-10-16-18(11-13)23(29)26(22(16)28)20-6-4-3-5-17(20)21(27)25-19-12-15(24)9-8-14(19)2/h3-9,12,16,18H,10-11H2,1-2H3,(H,25,27)/t16-,18-/m0/s1. The molecule has 1 aliphatic heterocycles. The zero-order chi connectivity index (χ0) is 20.7. The minimum absolute atomic E-state index is 0.230. The van der Waals surface area contributed by atoms with Gasteiger partial charge in [0.25, 0.3) is 5.91 Å². The molecule has 1 heterocycles. The number of rotatable bonds is 3. The highest BCUT2D eigenvalue weighted by atomic mass is 35.5. The van der Waals surface area contributed by atoms with Gasteiger partial charge in [-0.1, -0.05) is 41.4 Å². The number of nitrogens with one attached hydrogen (secondary N) is 1. The van der Waals surface area contributed by atoms with Crippen molar-refractivity contribution in [1.82, 2.24) is 0 Å². The average molecular weight is 409 g/mol. The molecule has 2 aromatic rings. The molecule has 4 rings (SSSR count). The van der Waals surface area contributed by atoms with Gasteiger partial charge in [-0.2, -0.15) is 0 Å². The van der Waals surface area contributed by atoms with Crippen LogP contribution in [0.15, 0.2) is 54.1 Å². The molecule has 0 saturated carbocycles. The van der Waals surface area contributed by atoms with Crippen LogP contribution in [0.1, 0.15) is 35.7 Å². The van der Waals surface area contributed by atoms with Crippen LogP contribution in [0, 0.1) is 18.8 Å². The van der Waals surface area contributed by atoms with Crippen molar-refractivity contribution in [2.75, 3.05) is 10.2 Å². The van der Waals surface area contributed by atoms with Gasteiger partial charge in [-0.05, 0) is 56.5 Å². The van der Waals surface area contributed by atoms with Crippen molar-refractivity contribution in [3.05, 3.63) is 70.3 Å². The minimum atomic E-state index is -0.393. The highest BCUT2D eigenvalue weighted by Gasteiger charge is 2.49. The van der Waals surface area contributed by atoms with E-state index in [1.807, 2.05) is 26.0 Å². The third-order valence-electron chi connectivity index (χ3n) is 5.66. The molecular formula is C23H21ClN2O3. The topological polar surface area (TPSA) is 66.5 Å². The maximum absolute atomic E-state index is 13.1. The van der Waals surface area contributed by atoms with Gasteiger partial charge in [0.1, 0.15) is 0 Å². The summed E-state index contributed by atoms with van der Waals surface area (Å²) in [6.45, 7) is 3.84. The SMILES string of the molecule is CC1=CC[C@@H]2C(=O)N(c3ccccc3C(=O)Nc3cc(Cl)ccc3C)C(=O)[C@H]2C1. The second kappa shape index (κ2) is 7.48. The number of amides is 3. The zero-order valence-corrected chi connectivity index (χ0v) is 17.0. The summed E-state index contributed by atoms with van der Waals surface area (Å²) >= 11 is 6.05. The van der Waals surface area contributed by atoms with Crippen LogP contribution in [0.3, 0.4) is 0 Å². The number of benzene rings is 2. The maximum atomic E-state index is 13.1. The number of para-hydroxylation sites is 1. The van der Waals surface area contributed by atoms with E-state index in [0.29, 0.717) is 29.2 Å². The monoisotopic (exact) mass is 408 g/mol. The van der Waals surface area contributed by atoms with Crippen molar-refractivity contribution in [1.29, 1.82) is 0 Å². The highest BCUT2D eigenvalue weighted by molar-refractivity contribution is 6.31. The Kier molecular flexibility index (Phi) is 5.01. The van der Waals surface area contributed by atoms with Crippen molar-refractivity contribution in [2.24, 2.45) is 11.8 Å². The molecular weight excluding hydrogens is 388 g/mol. The fraction of sp³-hybridized carbons (Fsp3) is 0.261. The lowest BCUT2D eigenvalue weighted by Crippen LogP contribution is -2.33. The molecule has 148 valence electrons. The molecule has 29 heavy (non-hydrogen) atoms. The van der Waals surface area contributed by atoms with Gasteiger partial charge >= 0.3 is 0 Å². The number of carbonyl (C=O) groups is 3. The number of hydrogen-bond donors (Lipinski definition) is 1. The first-order chi connectivity index (χ1) is 13.9. The maximum Gasteiger partial charge on any atom is 0.257 e. The highest BCUT2D eigenvalue weighted by Crippen LogP contribution is 2.40. The van der Waals surface area contributed by atoms with Crippen molar-refractivity contribution >= 4 is 40.7 Å². The van der Waals surface area contributed by atoms with Crippen LogP contribution < -0.4 is 10.2 Å². The van der Waals surface area contributed by atoms with Crippen LogP contribution in [-0.4, -0.2) is 17.7 Å². The predicted molar refractivity (Wildman–Crippen MR) is 113 cm³/mol. The Morgan fingerprint density at radius 1 is 1.07 bits per heavy atom. The first-order valence-electron chi connectivity index (χ1n) is 9.57. The minimum Gasteiger partial charge on any atom is -0.322 e. The van der Waals surface area contributed by atoms with Crippen molar-refractivity contribution in [3.8, 4) is 0 Å². The molecule has 1 aliphatic carbocycles. The molecule has 1 N–H and O–H groups in total. The van der Waals surface area contributed by atoms with Gasteiger partial charge < -0.3 is 5.32 Å². The zero-order valence-electron chi connectivity index (χ0n) is 16.2. The lowest BCUT2D eigenvalue weighted by molar-refractivity contribution is -0.122. The largest absolute Gasteiger partial charge is 0.322 e. The third-order valence-corrected chi connectivity index (χ3v) is 5.90. The van der Waals surface area contributed by atoms with E-state index in [1.54, 1.807) is 36.4 Å². The van der Waals surface area contributed by atoms with Gasteiger partial charge in [0, 0.05) is 10.7 Å². The Balaban J connectivity index is 1.67. The van der Waals surface area contributed by atoms with Gasteiger partial charge in [-0.3, -0.25) is 14.4 Å². The fourth-order valence-electron chi connectivity index (χ4n) is 4.05. The molecule has 1 saturated heterocycles. The average Bonchev–Trinajstić information content (AvgIpc) is 2.94. The van der Waals surface area contributed by atoms with E-state index in [1.165, 1.54) is 4.90 Å². The van der Waals surface area contributed by atoms with E-state index >= 15 is 0 Å². The van der Waals surface area contributed by atoms with Gasteiger partial charge in [-0.15, -0.1) is 0 Å². The van der Waals surface area contributed by atoms with Crippen molar-refractivity contribution in [3.63, 3.8) is 0 Å². The quantitative estimate of drug-likeness (QED) is 0.588. The summed E-state index contributed by atoms with van der Waals surface area (Å²) in [4.78, 5) is 40.3. The second-order valence-electron chi connectivity index (χ2n) is 7.65. The summed E-state index contributed by atoms with van der Waals surface area (Å²) in [6, 6.07) is 11.9. The van der Waals surface area contributed by atoms with Crippen LogP contribution in [-0.2, 0) is 9.59 Å². The molecule has 0 spiro atoms. The molecule has 3 amide bonds. The Hall–Kier alpha value is -2.92. The smallest absolute Gasteiger partial charge is 0.257 e. The van der Waals surface area contributed by atoms with E-state index in [9.17, 15) is 14.4 Å². The number of halogens is 1. The first-order valence-corrected chi connectivity index (χ1v) is 9.94. The number of hydrogen-bond acceptors (Lipinski definition) is 3. The van der Waals surface area contributed by atoms with Crippen LogP contribution in [0.25, 0.3) is 0 Å². The van der Waals surface area contributed by atoms with Gasteiger partial charge in [0.05, 0.1) is 23.1 Å². The van der Waals surface area contributed by atoms with Gasteiger partial charge in [0.2, 0.25) is 11.8 Å². The van der Waals surface area contributed by atoms with Crippen LogP contribution >= 0.6 is 11.6 Å². The van der Waals surface area contributed by atoms with E-state index < -0.39 is 5.91 Å². The first kappa shape index (κ1) is 19.4. The summed E-state index contributed by atoms with van der Waals surface area (Å²) in [5.74, 6) is -1.55. The number of anilines is 2. The lowest BCUT2D eigenvalue weighted by atomic mass is 9.82. The van der Waals surface area contributed by atoms with E-state index in [0.717, 1.165) is 11.1 Å². The van der Waals surface area contributed by atoms with Crippen LogP contribution in [0.4, 0.5) is 11.4 Å². The summed E-state index contributed by atoms with van der Waals surface area (Å²) < 4.78 is 0. The van der Waals surface area contributed by atoms with Crippen molar-refractivity contribution < 1.29 is 14.4 Å². The molecule has 1 fully saturated rings. The number of imide groups is 1. The number of fused-ring (bicyclic) bond motifs is 1. The van der Waals surface area contributed by atoms with Crippen LogP contribution in [0.2, 0.25) is 5.02 Å². The molecule has 0 bridgehead atoms. The van der Waals surface area contributed by atoms with E-state index in [2.05, 4.69) is 5.32 Å². The molecule has 0 aromatic heterocycles. The molecule has 2 atom stereocenters. The summed E-state index contributed by atoms with van der Waals surface area (Å²) in [5.41, 5.74) is 3.17. The van der Waals surface area contributed by atoms with E-state index in [4.69, 9.17) is 11.6 Å². The molecule has 0 unspecified atom stereocenters. The Morgan fingerprint density at radius 3 is 2.59 bits per heavy atom. The predicted octanol–water partition coefficient (Wildman–Crippen LogP) is 4.75. The third kappa shape index (κ3) is 3.47. The molecule has 0 radical (unpaired) electrons. The lowest BCUT2D eigenvalue weighted by Gasteiger charge is -2.19. The number of allylic oxidation sites excluding steroid dienone is 2. The molecule has 2 aliphatic rings. The Labute approximate surface area is 174 Å². The number of aryl methyl sites for hydroxylation is 1. The van der Waals surface area contributed by atoms with Crippen LogP contribution in [0.5, 0.6) is 0 Å². The Bertz CT molecular complexity index is 1060. The van der Waals surface area contributed by atoms with E-state index in [-0.39, 0.29) is 29.2 Å². The number of carbonyl (C=O) groups excluding carboxylic acids is 3. The fourth-order valence-corrected chi connectivity index (χ4v) is 4.23. The summed E-state index contributed by atoms with van der Waals surface area (Å²) in [5, 5.41) is 3.36. The molecule has 6 heteroatoms. The molecule has 2 aromatic carbocycles. The normalized spacial score (nSPS) is 21.1. The second-order valence-corrected chi connectivity index (χ2v) is 8.08. The van der Waals surface area contributed by atoms with Crippen molar-refractivity contribution in [2.45, 2.75) is 26.7 Å². The van der Waals surface area contributed by atoms with Gasteiger partial charge in [-0.25, -0.2) is 4.90 Å².